The SMILES string of the molecule is COC(=O)c1c(NC(=O)c2ccc(Cn3ccccc3=O)o2)sc(C)c1C. The van der Waals surface area contributed by atoms with Crippen molar-refractivity contribution in [3.63, 3.8) is 0 Å². The van der Waals surface area contributed by atoms with E-state index in [4.69, 9.17) is 9.15 Å². The van der Waals surface area contributed by atoms with Gasteiger partial charge in [0.25, 0.3) is 11.5 Å². The van der Waals surface area contributed by atoms with Crippen LogP contribution in [-0.2, 0) is 11.3 Å². The summed E-state index contributed by atoms with van der Waals surface area (Å²) in [5.74, 6) is -0.419. The van der Waals surface area contributed by atoms with Gasteiger partial charge in [0.05, 0.1) is 19.2 Å². The monoisotopic (exact) mass is 386 g/mol. The largest absolute Gasteiger partial charge is 0.465 e. The molecule has 0 saturated heterocycles. The first-order valence-corrected chi connectivity index (χ1v) is 8.96. The Morgan fingerprint density at radius 3 is 2.70 bits per heavy atom. The second-order valence-corrected chi connectivity index (χ2v) is 7.09. The van der Waals surface area contributed by atoms with Gasteiger partial charge in [-0.25, -0.2) is 4.79 Å². The van der Waals surface area contributed by atoms with Crippen molar-refractivity contribution in [2.24, 2.45) is 0 Å². The van der Waals surface area contributed by atoms with Crippen LogP contribution in [0.3, 0.4) is 0 Å². The van der Waals surface area contributed by atoms with Crippen molar-refractivity contribution in [2.45, 2.75) is 20.4 Å². The number of nitrogens with one attached hydrogen (secondary N) is 1. The fraction of sp³-hybridized carbons (Fsp3) is 0.211. The normalized spacial score (nSPS) is 10.6. The van der Waals surface area contributed by atoms with Crippen molar-refractivity contribution in [3.05, 3.63) is 74.4 Å². The third kappa shape index (κ3) is 3.85. The van der Waals surface area contributed by atoms with Gasteiger partial charge >= 0.3 is 5.97 Å². The number of ether oxygens (including phenoxy) is 1. The average Bonchev–Trinajstić information content (AvgIpc) is 3.22. The van der Waals surface area contributed by atoms with E-state index in [0.29, 0.717) is 16.3 Å². The lowest BCUT2D eigenvalue weighted by molar-refractivity contribution is 0.0601. The Morgan fingerprint density at radius 2 is 2.00 bits per heavy atom. The van der Waals surface area contributed by atoms with Gasteiger partial charge < -0.3 is 19.0 Å². The van der Waals surface area contributed by atoms with Crippen molar-refractivity contribution in [1.82, 2.24) is 4.57 Å². The topological polar surface area (TPSA) is 90.5 Å². The van der Waals surface area contributed by atoms with Gasteiger partial charge in [-0.05, 0) is 37.6 Å². The molecule has 3 aromatic heterocycles. The molecule has 0 bridgehead atoms. The highest BCUT2D eigenvalue weighted by atomic mass is 32.1. The number of nitrogens with zero attached hydrogens (tertiary/aromatic N) is 1. The molecule has 3 aromatic rings. The molecule has 0 radical (unpaired) electrons. The van der Waals surface area contributed by atoms with Crippen molar-refractivity contribution < 1.29 is 18.7 Å². The number of hydrogen-bond acceptors (Lipinski definition) is 6. The van der Waals surface area contributed by atoms with Crippen LogP contribution in [0.1, 0.15) is 37.1 Å². The van der Waals surface area contributed by atoms with Crippen LogP contribution in [0.4, 0.5) is 5.00 Å². The molecule has 0 aromatic carbocycles. The number of thiophene rings is 1. The predicted octanol–water partition coefficient (Wildman–Crippen LogP) is 3.21. The smallest absolute Gasteiger partial charge is 0.341 e. The van der Waals surface area contributed by atoms with Crippen LogP contribution in [0, 0.1) is 13.8 Å². The maximum Gasteiger partial charge on any atom is 0.341 e. The number of amides is 1. The van der Waals surface area contributed by atoms with Gasteiger partial charge in [0.15, 0.2) is 5.76 Å². The highest BCUT2D eigenvalue weighted by molar-refractivity contribution is 7.16. The van der Waals surface area contributed by atoms with Crippen LogP contribution in [0.5, 0.6) is 0 Å². The molecular weight excluding hydrogens is 368 g/mol. The van der Waals surface area contributed by atoms with Gasteiger partial charge in [0.2, 0.25) is 0 Å². The lowest BCUT2D eigenvalue weighted by atomic mass is 10.1. The molecule has 0 aliphatic carbocycles. The number of methoxy groups -OCH3 is 1. The van der Waals surface area contributed by atoms with Crippen molar-refractivity contribution in [1.29, 1.82) is 0 Å². The molecule has 0 unspecified atom stereocenters. The molecule has 1 N–H and O–H groups in total. The summed E-state index contributed by atoms with van der Waals surface area (Å²) >= 11 is 1.30. The Hall–Kier alpha value is -3.13. The van der Waals surface area contributed by atoms with E-state index >= 15 is 0 Å². The molecule has 3 heterocycles. The lowest BCUT2D eigenvalue weighted by Gasteiger charge is -2.05. The van der Waals surface area contributed by atoms with Crippen molar-refractivity contribution in [2.75, 3.05) is 12.4 Å². The third-order valence-corrected chi connectivity index (χ3v) is 5.24. The first kappa shape index (κ1) is 18.7. The molecule has 0 atom stereocenters. The zero-order valence-electron chi connectivity index (χ0n) is 15.1. The number of esters is 1. The first-order chi connectivity index (χ1) is 12.9. The van der Waals surface area contributed by atoms with Crippen LogP contribution in [0.2, 0.25) is 0 Å². The van der Waals surface area contributed by atoms with Crippen LogP contribution in [0.15, 0.2) is 45.7 Å². The molecule has 0 aliphatic heterocycles. The number of carbonyl (C=O) groups excluding carboxylic acids is 2. The third-order valence-electron chi connectivity index (χ3n) is 4.11. The summed E-state index contributed by atoms with van der Waals surface area (Å²) < 4.78 is 11.8. The van der Waals surface area contributed by atoms with Gasteiger partial charge in [0.1, 0.15) is 10.8 Å². The number of furan rings is 1. The van der Waals surface area contributed by atoms with Crippen LogP contribution >= 0.6 is 11.3 Å². The molecule has 0 spiro atoms. The van der Waals surface area contributed by atoms with E-state index < -0.39 is 11.9 Å². The molecule has 1 amide bonds. The van der Waals surface area contributed by atoms with Crippen molar-refractivity contribution >= 4 is 28.2 Å². The van der Waals surface area contributed by atoms with E-state index in [1.54, 1.807) is 31.3 Å². The summed E-state index contributed by atoms with van der Waals surface area (Å²) in [7, 11) is 1.30. The minimum Gasteiger partial charge on any atom is -0.465 e. The molecule has 3 rings (SSSR count). The molecule has 0 saturated carbocycles. The molecule has 8 heteroatoms. The fourth-order valence-corrected chi connectivity index (χ4v) is 3.62. The van der Waals surface area contributed by atoms with E-state index in [1.165, 1.54) is 35.1 Å². The molecule has 27 heavy (non-hydrogen) atoms. The predicted molar refractivity (Wildman–Crippen MR) is 102 cm³/mol. The Morgan fingerprint density at radius 1 is 1.22 bits per heavy atom. The lowest BCUT2D eigenvalue weighted by Crippen LogP contribution is -2.18. The second-order valence-electron chi connectivity index (χ2n) is 5.87. The van der Waals surface area contributed by atoms with Crippen LogP contribution in [0.25, 0.3) is 0 Å². The van der Waals surface area contributed by atoms with Gasteiger partial charge in [0, 0.05) is 17.1 Å². The molecular formula is C19H18N2O5S. The summed E-state index contributed by atoms with van der Waals surface area (Å²) in [4.78, 5) is 37.2. The number of rotatable bonds is 5. The Balaban J connectivity index is 1.79. The van der Waals surface area contributed by atoms with Gasteiger partial charge in [-0.15, -0.1) is 11.3 Å². The fourth-order valence-electron chi connectivity index (χ4n) is 2.57. The number of aromatic nitrogens is 1. The highest BCUT2D eigenvalue weighted by Crippen LogP contribution is 2.33. The summed E-state index contributed by atoms with van der Waals surface area (Å²) in [6.07, 6.45) is 1.64. The quantitative estimate of drug-likeness (QED) is 0.680. The van der Waals surface area contributed by atoms with E-state index in [0.717, 1.165) is 10.4 Å². The van der Waals surface area contributed by atoms with E-state index in [9.17, 15) is 14.4 Å². The Kier molecular flexibility index (Phi) is 5.27. The summed E-state index contributed by atoms with van der Waals surface area (Å²) in [5.41, 5.74) is 0.953. The number of anilines is 1. The second kappa shape index (κ2) is 7.63. The minimum absolute atomic E-state index is 0.0912. The van der Waals surface area contributed by atoms with Crippen LogP contribution in [-0.4, -0.2) is 23.6 Å². The van der Waals surface area contributed by atoms with Gasteiger partial charge in [-0.1, -0.05) is 6.07 Å². The number of carbonyl (C=O) groups is 2. The molecule has 7 nitrogen and oxygen atoms in total. The average molecular weight is 386 g/mol. The van der Waals surface area contributed by atoms with Crippen LogP contribution < -0.4 is 10.9 Å². The van der Waals surface area contributed by atoms with Gasteiger partial charge in [-0.3, -0.25) is 9.59 Å². The summed E-state index contributed by atoms with van der Waals surface area (Å²) in [6.45, 7) is 3.89. The Labute approximate surface area is 159 Å². The summed E-state index contributed by atoms with van der Waals surface area (Å²) in [6, 6.07) is 8.02. The maximum atomic E-state index is 12.5. The highest BCUT2D eigenvalue weighted by Gasteiger charge is 2.23. The van der Waals surface area contributed by atoms with Crippen molar-refractivity contribution in [3.8, 4) is 0 Å². The minimum atomic E-state index is -0.504. The number of hydrogen-bond donors (Lipinski definition) is 1. The number of aryl methyl sites for hydroxylation is 1. The Bertz CT molecular complexity index is 1060. The van der Waals surface area contributed by atoms with Gasteiger partial charge in [-0.2, -0.15) is 0 Å². The maximum absolute atomic E-state index is 12.5. The summed E-state index contributed by atoms with van der Waals surface area (Å²) in [5, 5.41) is 3.12. The zero-order valence-corrected chi connectivity index (χ0v) is 15.9. The molecule has 140 valence electrons. The van der Waals surface area contributed by atoms with E-state index in [-0.39, 0.29) is 17.9 Å². The first-order valence-electron chi connectivity index (χ1n) is 8.14. The standard InChI is InChI=1S/C19H18N2O5S/c1-11-12(2)27-18(16(11)19(24)25-3)20-17(23)14-8-7-13(26-14)10-21-9-5-4-6-15(21)22/h4-9H,10H2,1-3H3,(H,20,23). The number of pyridine rings is 1. The van der Waals surface area contributed by atoms with E-state index in [1.807, 2.05) is 6.92 Å². The zero-order chi connectivity index (χ0) is 19.6. The molecule has 0 aliphatic rings. The molecule has 0 fully saturated rings. The van der Waals surface area contributed by atoms with E-state index in [2.05, 4.69) is 5.32 Å².